The predicted molar refractivity (Wildman–Crippen MR) is 204 cm³/mol. The molecule has 1 unspecified atom stereocenters. The molecule has 0 aliphatic heterocycles. The van der Waals surface area contributed by atoms with Crippen LogP contribution in [0.5, 0.6) is 17.5 Å². The van der Waals surface area contributed by atoms with Crippen molar-refractivity contribution >= 4 is 21.5 Å². The van der Waals surface area contributed by atoms with E-state index in [0.29, 0.717) is 42.1 Å². The van der Waals surface area contributed by atoms with E-state index < -0.39 is 0 Å². The Balaban J connectivity index is 1.30. The van der Waals surface area contributed by atoms with Crippen LogP contribution in [0.25, 0.3) is 44.3 Å². The minimum atomic E-state index is 0.0723. The van der Waals surface area contributed by atoms with Gasteiger partial charge in [0, 0.05) is 11.6 Å². The van der Waals surface area contributed by atoms with Gasteiger partial charge in [0.1, 0.15) is 11.5 Å². The molecule has 6 nitrogen and oxygen atoms in total. The molecule has 0 bridgehead atoms. The summed E-state index contributed by atoms with van der Waals surface area (Å²) in [6.07, 6.45) is 17.3. The van der Waals surface area contributed by atoms with Crippen molar-refractivity contribution in [3.8, 4) is 40.3 Å². The van der Waals surface area contributed by atoms with Crippen LogP contribution >= 0.6 is 0 Å². The fraction of sp³-hybridized carbons (Fsp3) is 0.465. The van der Waals surface area contributed by atoms with Crippen LogP contribution in [-0.2, 0) is 0 Å². The predicted octanol–water partition coefficient (Wildman–Crippen LogP) is 12.1. The van der Waals surface area contributed by atoms with Crippen LogP contribution in [0.1, 0.15) is 111 Å². The SMILES string of the molecule is CCCCCCCCCCCCOc1ccc(-c2nc(OCC(CC)CCCC)nc(-c3ccc4cc5ccccc5cc4c3)n2)c(O)c1. The van der Waals surface area contributed by atoms with Gasteiger partial charge in [0.05, 0.1) is 18.8 Å². The molecule has 0 saturated heterocycles. The van der Waals surface area contributed by atoms with E-state index in [2.05, 4.69) is 69.3 Å². The highest BCUT2D eigenvalue weighted by atomic mass is 16.5. The summed E-state index contributed by atoms with van der Waals surface area (Å²) < 4.78 is 12.3. The second kappa shape index (κ2) is 19.1. The molecule has 0 amide bonds. The molecule has 0 saturated carbocycles. The number of hydrogen-bond acceptors (Lipinski definition) is 6. The Labute approximate surface area is 293 Å². The first-order chi connectivity index (χ1) is 24.1. The molecule has 1 N–H and O–H groups in total. The zero-order valence-electron chi connectivity index (χ0n) is 29.9. The summed E-state index contributed by atoms with van der Waals surface area (Å²) in [5, 5.41) is 15.8. The molecule has 260 valence electrons. The van der Waals surface area contributed by atoms with Crippen molar-refractivity contribution in [1.29, 1.82) is 0 Å². The molecule has 0 aliphatic rings. The second-order valence-electron chi connectivity index (χ2n) is 13.5. The van der Waals surface area contributed by atoms with E-state index in [9.17, 15) is 5.11 Å². The van der Waals surface area contributed by atoms with Crippen LogP contribution in [-0.4, -0.2) is 33.3 Å². The molecular formula is C43H55N3O3. The highest BCUT2D eigenvalue weighted by Gasteiger charge is 2.17. The zero-order valence-corrected chi connectivity index (χ0v) is 29.9. The Bertz CT molecular complexity index is 1750. The summed E-state index contributed by atoms with van der Waals surface area (Å²) in [4.78, 5) is 14.3. The number of aromatic hydroxyl groups is 1. The fourth-order valence-corrected chi connectivity index (χ4v) is 6.41. The van der Waals surface area contributed by atoms with Gasteiger partial charge in [-0.3, -0.25) is 0 Å². The third kappa shape index (κ3) is 10.6. The molecular weight excluding hydrogens is 606 g/mol. The molecule has 1 aromatic heterocycles. The Morgan fingerprint density at radius 3 is 1.94 bits per heavy atom. The van der Waals surface area contributed by atoms with Crippen molar-refractivity contribution in [3.05, 3.63) is 72.8 Å². The monoisotopic (exact) mass is 661 g/mol. The highest BCUT2D eigenvalue weighted by molar-refractivity contribution is 5.99. The maximum absolute atomic E-state index is 11.1. The average molecular weight is 662 g/mol. The van der Waals surface area contributed by atoms with Gasteiger partial charge in [-0.15, -0.1) is 0 Å². The number of nitrogens with zero attached hydrogens (tertiary/aromatic N) is 3. The molecule has 1 atom stereocenters. The van der Waals surface area contributed by atoms with Crippen molar-refractivity contribution in [2.45, 2.75) is 111 Å². The van der Waals surface area contributed by atoms with Crippen molar-refractivity contribution in [1.82, 2.24) is 15.0 Å². The average Bonchev–Trinajstić information content (AvgIpc) is 3.12. The molecule has 5 rings (SSSR count). The van der Waals surface area contributed by atoms with Crippen molar-refractivity contribution < 1.29 is 14.6 Å². The quantitative estimate of drug-likeness (QED) is 0.0623. The maximum atomic E-state index is 11.1. The van der Waals surface area contributed by atoms with Gasteiger partial charge in [-0.1, -0.05) is 134 Å². The minimum Gasteiger partial charge on any atom is -0.507 e. The van der Waals surface area contributed by atoms with Crippen LogP contribution in [0.15, 0.2) is 72.8 Å². The third-order valence-corrected chi connectivity index (χ3v) is 9.55. The Morgan fingerprint density at radius 2 is 1.24 bits per heavy atom. The normalized spacial score (nSPS) is 12.1. The van der Waals surface area contributed by atoms with E-state index in [1.165, 1.54) is 68.6 Å². The van der Waals surface area contributed by atoms with E-state index in [-0.39, 0.29) is 11.8 Å². The summed E-state index contributed by atoms with van der Waals surface area (Å²) in [6.45, 7) is 7.86. The first-order valence-electron chi connectivity index (χ1n) is 18.9. The smallest absolute Gasteiger partial charge is 0.320 e. The summed E-state index contributed by atoms with van der Waals surface area (Å²) >= 11 is 0. The van der Waals surface area contributed by atoms with E-state index in [4.69, 9.17) is 24.4 Å². The highest BCUT2D eigenvalue weighted by Crippen LogP contribution is 2.33. The first kappa shape index (κ1) is 36.1. The molecule has 6 heteroatoms. The number of phenols is 1. The molecule has 1 heterocycles. The fourth-order valence-electron chi connectivity index (χ4n) is 6.41. The van der Waals surface area contributed by atoms with Gasteiger partial charge >= 0.3 is 6.01 Å². The van der Waals surface area contributed by atoms with E-state index in [0.717, 1.165) is 48.4 Å². The number of fused-ring (bicyclic) bond motifs is 2. The lowest BCUT2D eigenvalue weighted by molar-refractivity contribution is 0.217. The minimum absolute atomic E-state index is 0.0723. The summed E-state index contributed by atoms with van der Waals surface area (Å²) in [5.41, 5.74) is 1.38. The summed E-state index contributed by atoms with van der Waals surface area (Å²) in [6, 6.07) is 24.7. The lowest BCUT2D eigenvalue weighted by Gasteiger charge is -2.16. The van der Waals surface area contributed by atoms with Gasteiger partial charge in [-0.05, 0) is 70.6 Å². The number of unbranched alkanes of at least 4 members (excludes halogenated alkanes) is 10. The number of aromatic nitrogens is 3. The summed E-state index contributed by atoms with van der Waals surface area (Å²) in [7, 11) is 0. The molecule has 49 heavy (non-hydrogen) atoms. The van der Waals surface area contributed by atoms with Gasteiger partial charge in [-0.25, -0.2) is 4.98 Å². The van der Waals surface area contributed by atoms with Crippen LogP contribution in [0, 0.1) is 5.92 Å². The molecule has 5 aromatic rings. The van der Waals surface area contributed by atoms with E-state index in [1.807, 2.05) is 18.2 Å². The first-order valence-corrected chi connectivity index (χ1v) is 18.9. The van der Waals surface area contributed by atoms with Gasteiger partial charge in [0.25, 0.3) is 0 Å². The lowest BCUT2D eigenvalue weighted by Crippen LogP contribution is -2.13. The lowest BCUT2D eigenvalue weighted by atomic mass is 10.0. The second-order valence-corrected chi connectivity index (χ2v) is 13.5. The number of benzene rings is 4. The number of ether oxygens (including phenoxy) is 2. The topological polar surface area (TPSA) is 77.4 Å². The van der Waals surface area contributed by atoms with Gasteiger partial charge in [-0.2, -0.15) is 9.97 Å². The van der Waals surface area contributed by atoms with Crippen molar-refractivity contribution in [2.75, 3.05) is 13.2 Å². The summed E-state index contributed by atoms with van der Waals surface area (Å²) in [5.74, 6) is 2.03. The van der Waals surface area contributed by atoms with E-state index >= 15 is 0 Å². The molecule has 0 radical (unpaired) electrons. The Kier molecular flexibility index (Phi) is 14.1. The molecule has 4 aromatic carbocycles. The Morgan fingerprint density at radius 1 is 0.592 bits per heavy atom. The van der Waals surface area contributed by atoms with Crippen molar-refractivity contribution in [2.24, 2.45) is 5.92 Å². The van der Waals surface area contributed by atoms with Crippen LogP contribution in [0.2, 0.25) is 0 Å². The maximum Gasteiger partial charge on any atom is 0.320 e. The zero-order chi connectivity index (χ0) is 34.3. The molecule has 0 fully saturated rings. The van der Waals surface area contributed by atoms with Gasteiger partial charge < -0.3 is 14.6 Å². The third-order valence-electron chi connectivity index (χ3n) is 9.55. The van der Waals surface area contributed by atoms with Crippen LogP contribution in [0.4, 0.5) is 0 Å². The van der Waals surface area contributed by atoms with Crippen LogP contribution < -0.4 is 9.47 Å². The number of rotatable bonds is 21. The standard InChI is InChI=1S/C43H55N3O3/c1-4-7-9-10-11-12-13-14-15-18-26-48-38-24-25-39(40(47)30-38)42-44-41(45-43(46-42)49-31-32(6-3)19-8-5-2)36-23-22-35-27-33-20-16-17-21-34(33)28-37(35)29-36/h16-17,20-25,27-30,32,47H,4-15,18-19,26,31H2,1-3H3. The van der Waals surface area contributed by atoms with Gasteiger partial charge in [0.2, 0.25) is 0 Å². The van der Waals surface area contributed by atoms with Crippen molar-refractivity contribution in [3.63, 3.8) is 0 Å². The number of phenolic OH excluding ortho intramolecular Hbond substituents is 1. The number of hydrogen-bond donors (Lipinski definition) is 1. The molecule has 0 aliphatic carbocycles. The van der Waals surface area contributed by atoms with E-state index in [1.54, 1.807) is 6.07 Å². The largest absolute Gasteiger partial charge is 0.507 e. The molecule has 0 spiro atoms. The van der Waals surface area contributed by atoms with Crippen LogP contribution in [0.3, 0.4) is 0 Å². The Hall–Kier alpha value is -4.19. The van der Waals surface area contributed by atoms with Gasteiger partial charge in [0.15, 0.2) is 11.6 Å².